The number of rotatable bonds is 7. The second-order valence-electron chi connectivity index (χ2n) is 9.02. The maximum atomic E-state index is 8.98. The Morgan fingerprint density at radius 2 is 1.95 bits per heavy atom. The Kier molecular flexibility index (Phi) is 4.46. The van der Waals surface area contributed by atoms with Crippen molar-refractivity contribution < 1.29 is 9.53 Å². The maximum Gasteiger partial charge on any atom is 0.191 e. The first-order valence-corrected chi connectivity index (χ1v) is 11.3. The molecule has 20 heavy (non-hydrogen) atoms. The average molecular weight is 299 g/mol. The van der Waals surface area contributed by atoms with Crippen LogP contribution < -0.4 is 0 Å². The molecule has 0 radical (unpaired) electrons. The van der Waals surface area contributed by atoms with Crippen LogP contribution in [0.3, 0.4) is 0 Å². The zero-order valence-electron chi connectivity index (χ0n) is 14.3. The fourth-order valence-corrected chi connectivity index (χ4v) is 4.43. The fourth-order valence-electron chi connectivity index (χ4n) is 3.37. The highest BCUT2D eigenvalue weighted by molar-refractivity contribution is 6.74. The van der Waals surface area contributed by atoms with Gasteiger partial charge in [0.05, 0.1) is 0 Å². The van der Waals surface area contributed by atoms with Crippen LogP contribution in [0.4, 0.5) is 0 Å². The van der Waals surface area contributed by atoms with Gasteiger partial charge < -0.3 is 9.53 Å². The van der Waals surface area contributed by atoms with Gasteiger partial charge in [-0.1, -0.05) is 27.7 Å². The third kappa shape index (κ3) is 3.48. The Labute approximate surface area is 126 Å². The molecule has 0 aromatic rings. The van der Waals surface area contributed by atoms with Gasteiger partial charge >= 0.3 is 0 Å². The van der Waals surface area contributed by atoms with E-state index in [4.69, 9.17) is 9.53 Å². The van der Waals surface area contributed by atoms with Crippen molar-refractivity contribution in [2.24, 2.45) is 23.2 Å². The van der Waals surface area contributed by atoms with Crippen LogP contribution in [0, 0.1) is 23.2 Å². The summed E-state index contributed by atoms with van der Waals surface area (Å²) >= 11 is 0. The van der Waals surface area contributed by atoms with Crippen LogP contribution >= 0.6 is 0 Å². The zero-order valence-corrected chi connectivity index (χ0v) is 15.3. The van der Waals surface area contributed by atoms with E-state index in [1.54, 1.807) is 0 Å². The van der Waals surface area contributed by atoms with Crippen LogP contribution in [0.15, 0.2) is 0 Å². The molecule has 0 heterocycles. The minimum Gasteiger partial charge on any atom is -0.417 e. The lowest BCUT2D eigenvalue weighted by molar-refractivity contribution is 0.252. The molecular weight excluding hydrogens is 264 g/mol. The van der Waals surface area contributed by atoms with Crippen molar-refractivity contribution in [3.8, 4) is 0 Å². The summed E-state index contributed by atoms with van der Waals surface area (Å²) in [6, 6.07) is 0. The molecule has 0 unspecified atom stereocenters. The molecule has 3 heteroatoms. The lowest BCUT2D eigenvalue weighted by atomic mass is 9.97. The number of hydrogen-bond acceptors (Lipinski definition) is 2. The smallest absolute Gasteiger partial charge is 0.191 e. The number of aliphatic hydroxyl groups is 1. The molecule has 2 saturated carbocycles. The van der Waals surface area contributed by atoms with Gasteiger partial charge in [-0.15, -0.1) is 0 Å². The molecule has 0 spiro atoms. The quantitative estimate of drug-likeness (QED) is 0.704. The molecule has 0 amide bonds. The normalized spacial score (nSPS) is 37.0. The summed E-state index contributed by atoms with van der Waals surface area (Å²) < 4.78 is 6.37. The molecule has 0 aliphatic heterocycles. The molecule has 0 aromatic heterocycles. The van der Waals surface area contributed by atoms with Gasteiger partial charge in [-0.3, -0.25) is 0 Å². The van der Waals surface area contributed by atoms with Crippen molar-refractivity contribution in [1.29, 1.82) is 0 Å². The first kappa shape index (κ1) is 16.5. The van der Waals surface area contributed by atoms with Crippen LogP contribution in [-0.4, -0.2) is 26.6 Å². The molecule has 0 saturated heterocycles. The second kappa shape index (κ2) is 5.40. The van der Waals surface area contributed by atoms with Gasteiger partial charge in [0.25, 0.3) is 0 Å². The Bertz CT molecular complexity index is 347. The molecule has 2 aliphatic carbocycles. The second-order valence-corrected chi connectivity index (χ2v) is 13.8. The highest BCUT2D eigenvalue weighted by atomic mass is 28.4. The Balaban J connectivity index is 1.72. The highest BCUT2D eigenvalue weighted by Gasteiger charge is 2.59. The van der Waals surface area contributed by atoms with E-state index in [1.165, 1.54) is 19.3 Å². The summed E-state index contributed by atoms with van der Waals surface area (Å²) in [6.07, 6.45) is 4.95. The van der Waals surface area contributed by atoms with Gasteiger partial charge in [0.15, 0.2) is 8.32 Å². The third-order valence-corrected chi connectivity index (χ3v) is 10.8. The van der Waals surface area contributed by atoms with Crippen LogP contribution in [0.25, 0.3) is 0 Å². The van der Waals surface area contributed by atoms with Gasteiger partial charge in [-0.05, 0) is 67.0 Å². The predicted octanol–water partition coefficient (Wildman–Crippen LogP) is 4.44. The first-order chi connectivity index (χ1) is 9.11. The van der Waals surface area contributed by atoms with Crippen molar-refractivity contribution in [1.82, 2.24) is 0 Å². The van der Waals surface area contributed by atoms with E-state index in [1.807, 2.05) is 0 Å². The minimum atomic E-state index is -1.56. The fraction of sp³-hybridized carbons (Fsp3) is 1.00. The first-order valence-electron chi connectivity index (χ1n) is 8.35. The van der Waals surface area contributed by atoms with E-state index < -0.39 is 8.32 Å². The van der Waals surface area contributed by atoms with E-state index >= 15 is 0 Å². The number of aliphatic hydroxyl groups excluding tert-OH is 1. The molecule has 0 aromatic carbocycles. The van der Waals surface area contributed by atoms with E-state index in [2.05, 4.69) is 40.8 Å². The van der Waals surface area contributed by atoms with Gasteiger partial charge in [0.2, 0.25) is 0 Å². The zero-order chi connectivity index (χ0) is 15.2. The van der Waals surface area contributed by atoms with Crippen LogP contribution in [0.2, 0.25) is 18.1 Å². The van der Waals surface area contributed by atoms with Gasteiger partial charge in [-0.25, -0.2) is 0 Å². The van der Waals surface area contributed by atoms with E-state index in [-0.39, 0.29) is 0 Å². The van der Waals surface area contributed by atoms with E-state index in [9.17, 15) is 0 Å². The molecular formula is C17H34O2Si. The van der Waals surface area contributed by atoms with Crippen molar-refractivity contribution >= 4 is 8.32 Å². The van der Waals surface area contributed by atoms with Gasteiger partial charge in [-0.2, -0.15) is 0 Å². The standard InChI is InChI=1S/C17H34O2Si/c1-16(2,3)20(5,6)19-12-13-10-14(13)15-11-17(15,4)8-7-9-18/h13-15,18H,7-12H2,1-6H3/t13-,14+,15-,17+/m1/s1. The SMILES string of the molecule is CC(C)(C)[Si](C)(C)OC[C@H]1C[C@@H]1[C@H]1C[C@]1(C)CCCO. The molecule has 2 fully saturated rings. The predicted molar refractivity (Wildman–Crippen MR) is 87.3 cm³/mol. The van der Waals surface area contributed by atoms with Crippen LogP contribution in [0.1, 0.15) is 53.4 Å². The largest absolute Gasteiger partial charge is 0.417 e. The maximum absolute atomic E-state index is 8.98. The van der Waals surface area contributed by atoms with Crippen molar-refractivity contribution in [3.63, 3.8) is 0 Å². The summed E-state index contributed by atoms with van der Waals surface area (Å²) in [5.41, 5.74) is 0.541. The Morgan fingerprint density at radius 3 is 2.50 bits per heavy atom. The van der Waals surface area contributed by atoms with Crippen molar-refractivity contribution in [2.75, 3.05) is 13.2 Å². The molecule has 2 rings (SSSR count). The third-order valence-electron chi connectivity index (χ3n) is 6.29. The summed E-state index contributed by atoms with van der Waals surface area (Å²) in [4.78, 5) is 0. The summed E-state index contributed by atoms with van der Waals surface area (Å²) in [5, 5.41) is 9.31. The van der Waals surface area contributed by atoms with Crippen molar-refractivity contribution in [3.05, 3.63) is 0 Å². The summed E-state index contributed by atoms with van der Waals surface area (Å²) in [5.74, 6) is 2.66. The van der Waals surface area contributed by atoms with E-state index in [0.29, 0.717) is 17.1 Å². The Hall–Kier alpha value is 0.137. The summed E-state index contributed by atoms with van der Waals surface area (Å²) in [7, 11) is -1.56. The van der Waals surface area contributed by atoms with Gasteiger partial charge in [0, 0.05) is 13.2 Å². The number of hydrogen-bond donors (Lipinski definition) is 1. The molecule has 118 valence electrons. The minimum absolute atomic E-state index is 0.326. The lowest BCUT2D eigenvalue weighted by Crippen LogP contribution is -2.41. The topological polar surface area (TPSA) is 29.5 Å². The monoisotopic (exact) mass is 298 g/mol. The average Bonchev–Trinajstić information content (AvgIpc) is 3.19. The Morgan fingerprint density at radius 1 is 1.30 bits per heavy atom. The van der Waals surface area contributed by atoms with Crippen molar-refractivity contribution in [2.45, 2.75) is 71.5 Å². The van der Waals surface area contributed by atoms with E-state index in [0.717, 1.165) is 30.8 Å². The molecule has 2 nitrogen and oxygen atoms in total. The molecule has 4 atom stereocenters. The molecule has 0 bridgehead atoms. The lowest BCUT2D eigenvalue weighted by Gasteiger charge is -2.36. The summed E-state index contributed by atoms with van der Waals surface area (Å²) in [6.45, 7) is 15.4. The van der Waals surface area contributed by atoms with Crippen LogP contribution in [0.5, 0.6) is 0 Å². The highest BCUT2D eigenvalue weighted by Crippen LogP contribution is 2.66. The molecule has 2 aliphatic rings. The van der Waals surface area contributed by atoms with Crippen LogP contribution in [-0.2, 0) is 4.43 Å². The van der Waals surface area contributed by atoms with Gasteiger partial charge in [0.1, 0.15) is 0 Å². The molecule has 1 N–H and O–H groups in total.